The predicted octanol–water partition coefficient (Wildman–Crippen LogP) is 0.904. The van der Waals surface area contributed by atoms with Crippen LogP contribution in [0.25, 0.3) is 11.2 Å². The first-order chi connectivity index (χ1) is 11.9. The molecule has 1 amide bonds. The van der Waals surface area contributed by atoms with E-state index in [2.05, 4.69) is 25.0 Å². The smallest absolute Gasteiger partial charge is 0.259 e. The molecule has 0 saturated heterocycles. The van der Waals surface area contributed by atoms with Crippen molar-refractivity contribution in [3.8, 4) is 0 Å². The lowest BCUT2D eigenvalue weighted by Crippen LogP contribution is -2.19. The molecule has 2 aromatic heterocycles. The van der Waals surface area contributed by atoms with E-state index < -0.39 is 11.3 Å². The first-order valence-corrected chi connectivity index (χ1v) is 8.24. The first-order valence-electron chi connectivity index (χ1n) is 7.13. The van der Waals surface area contributed by atoms with Gasteiger partial charge in [0.25, 0.3) is 11.3 Å². The fourth-order valence-electron chi connectivity index (χ4n) is 2.32. The van der Waals surface area contributed by atoms with Crippen molar-refractivity contribution in [1.82, 2.24) is 19.5 Å². The lowest BCUT2D eigenvalue weighted by Gasteiger charge is -2.11. The number of rotatable bonds is 5. The number of anilines is 3. The third-order valence-electron chi connectivity index (χ3n) is 3.47. The third-order valence-corrected chi connectivity index (χ3v) is 3.88. The SMILES string of the molecule is Cc1ccc(NS(=O)O)cc1NC(=O)Cn1cnc2ncnc(N)c21. The summed E-state index contributed by atoms with van der Waals surface area (Å²) in [7, 11) is 0. The van der Waals surface area contributed by atoms with Crippen LogP contribution in [0.4, 0.5) is 17.2 Å². The number of carbonyl (C=O) groups is 1. The van der Waals surface area contributed by atoms with Crippen LogP contribution in [0.5, 0.6) is 0 Å². The van der Waals surface area contributed by atoms with Gasteiger partial charge in [-0.15, -0.1) is 0 Å². The second-order valence-corrected chi connectivity index (χ2v) is 5.94. The Bertz CT molecular complexity index is 972. The summed E-state index contributed by atoms with van der Waals surface area (Å²) in [6, 6.07) is 4.94. The zero-order valence-corrected chi connectivity index (χ0v) is 13.9. The van der Waals surface area contributed by atoms with Gasteiger partial charge in [0.2, 0.25) is 5.91 Å². The van der Waals surface area contributed by atoms with Gasteiger partial charge >= 0.3 is 0 Å². The van der Waals surface area contributed by atoms with E-state index in [1.807, 2.05) is 6.92 Å². The van der Waals surface area contributed by atoms with Crippen molar-refractivity contribution < 1.29 is 13.6 Å². The van der Waals surface area contributed by atoms with Gasteiger partial charge in [0, 0.05) is 5.69 Å². The molecular formula is C14H15N7O3S. The highest BCUT2D eigenvalue weighted by atomic mass is 32.2. The van der Waals surface area contributed by atoms with Gasteiger partial charge in [-0.3, -0.25) is 14.1 Å². The van der Waals surface area contributed by atoms with Gasteiger partial charge in [-0.2, -0.15) is 0 Å². The fourth-order valence-corrected chi connectivity index (χ4v) is 2.65. The fraction of sp³-hybridized carbons (Fsp3) is 0.143. The van der Waals surface area contributed by atoms with E-state index in [1.165, 1.54) is 12.7 Å². The Hall–Kier alpha value is -3.05. The lowest BCUT2D eigenvalue weighted by atomic mass is 10.2. The molecule has 5 N–H and O–H groups in total. The Balaban J connectivity index is 1.79. The van der Waals surface area contributed by atoms with Crippen LogP contribution in [0.3, 0.4) is 0 Å². The maximum Gasteiger partial charge on any atom is 0.259 e. The maximum atomic E-state index is 12.3. The van der Waals surface area contributed by atoms with E-state index in [-0.39, 0.29) is 18.3 Å². The standard InChI is InChI=1S/C14H15N7O3S/c1-8-2-3-9(20-25(23)24)4-10(8)19-11(22)5-21-7-18-14-12(21)13(15)16-6-17-14/h2-4,6-7,20H,5H2,1H3,(H,19,22)(H,23,24)(H2,15,16,17). The molecule has 1 atom stereocenters. The Kier molecular flexibility index (Phi) is 4.59. The van der Waals surface area contributed by atoms with Crippen LogP contribution in [-0.2, 0) is 22.6 Å². The zero-order valence-electron chi connectivity index (χ0n) is 13.1. The molecule has 3 aromatic rings. The van der Waals surface area contributed by atoms with Crippen LogP contribution >= 0.6 is 0 Å². The normalized spacial score (nSPS) is 12.1. The van der Waals surface area contributed by atoms with E-state index in [0.29, 0.717) is 22.5 Å². The summed E-state index contributed by atoms with van der Waals surface area (Å²) in [6.07, 6.45) is 2.77. The van der Waals surface area contributed by atoms with Crippen molar-refractivity contribution in [3.63, 3.8) is 0 Å². The molecule has 1 aromatic carbocycles. The minimum atomic E-state index is -2.19. The van der Waals surface area contributed by atoms with Crippen molar-refractivity contribution in [1.29, 1.82) is 0 Å². The minimum absolute atomic E-state index is 0.0307. The quantitative estimate of drug-likeness (QED) is 0.493. The van der Waals surface area contributed by atoms with Crippen molar-refractivity contribution in [3.05, 3.63) is 36.4 Å². The molecular weight excluding hydrogens is 346 g/mol. The second-order valence-electron chi connectivity index (χ2n) is 5.23. The molecule has 0 bridgehead atoms. The van der Waals surface area contributed by atoms with Gasteiger partial charge in [-0.05, 0) is 24.6 Å². The summed E-state index contributed by atoms with van der Waals surface area (Å²) in [5.74, 6) is -0.0731. The monoisotopic (exact) mass is 361 g/mol. The average Bonchev–Trinajstić information content (AvgIpc) is 2.94. The molecule has 130 valence electrons. The molecule has 11 heteroatoms. The molecule has 1 unspecified atom stereocenters. The predicted molar refractivity (Wildman–Crippen MR) is 93.9 cm³/mol. The minimum Gasteiger partial charge on any atom is -0.382 e. The molecule has 0 aliphatic rings. The van der Waals surface area contributed by atoms with Crippen molar-refractivity contribution in [2.24, 2.45) is 0 Å². The number of hydrogen-bond donors (Lipinski definition) is 4. The van der Waals surface area contributed by atoms with Gasteiger partial charge in [-0.1, -0.05) is 6.07 Å². The number of nitrogens with one attached hydrogen (secondary N) is 2. The number of aromatic nitrogens is 4. The number of nitrogen functional groups attached to an aromatic ring is 1. The van der Waals surface area contributed by atoms with E-state index in [0.717, 1.165) is 5.56 Å². The molecule has 3 rings (SSSR count). The van der Waals surface area contributed by atoms with Crippen molar-refractivity contribution in [2.45, 2.75) is 13.5 Å². The molecule has 0 fully saturated rings. The molecule has 0 spiro atoms. The summed E-state index contributed by atoms with van der Waals surface area (Å²) in [5, 5.41) is 2.76. The summed E-state index contributed by atoms with van der Waals surface area (Å²) >= 11 is -2.19. The van der Waals surface area contributed by atoms with Gasteiger partial charge in [0.15, 0.2) is 11.5 Å². The summed E-state index contributed by atoms with van der Waals surface area (Å²) in [6.45, 7) is 1.78. The lowest BCUT2D eigenvalue weighted by molar-refractivity contribution is -0.116. The Morgan fingerprint density at radius 2 is 2.16 bits per heavy atom. The van der Waals surface area contributed by atoms with Crippen LogP contribution in [0.1, 0.15) is 5.56 Å². The van der Waals surface area contributed by atoms with Crippen LogP contribution in [-0.4, -0.2) is 34.2 Å². The Labute approximate surface area is 144 Å². The summed E-state index contributed by atoms with van der Waals surface area (Å²) in [4.78, 5) is 24.3. The van der Waals surface area contributed by atoms with Crippen LogP contribution < -0.4 is 15.8 Å². The van der Waals surface area contributed by atoms with E-state index in [9.17, 15) is 9.00 Å². The summed E-state index contributed by atoms with van der Waals surface area (Å²) in [5.41, 5.74) is 8.45. The largest absolute Gasteiger partial charge is 0.382 e. The van der Waals surface area contributed by atoms with Gasteiger partial charge in [-0.25, -0.2) is 19.2 Å². The number of nitrogens with zero attached hydrogens (tertiary/aromatic N) is 4. The molecule has 10 nitrogen and oxygen atoms in total. The van der Waals surface area contributed by atoms with E-state index in [4.69, 9.17) is 10.3 Å². The highest BCUT2D eigenvalue weighted by molar-refractivity contribution is 7.80. The van der Waals surface area contributed by atoms with Gasteiger partial charge in [0.1, 0.15) is 18.4 Å². The van der Waals surface area contributed by atoms with Gasteiger partial charge in [0.05, 0.1) is 12.0 Å². The van der Waals surface area contributed by atoms with Crippen molar-refractivity contribution >= 4 is 45.5 Å². The number of benzene rings is 1. The second kappa shape index (κ2) is 6.83. The van der Waals surface area contributed by atoms with Gasteiger partial charge < -0.3 is 15.6 Å². The van der Waals surface area contributed by atoms with E-state index >= 15 is 0 Å². The van der Waals surface area contributed by atoms with Crippen LogP contribution in [0, 0.1) is 6.92 Å². The number of fused-ring (bicyclic) bond motifs is 1. The summed E-state index contributed by atoms with van der Waals surface area (Å²) < 4.78 is 23.6. The maximum absolute atomic E-state index is 12.3. The number of carbonyl (C=O) groups excluding carboxylic acids is 1. The average molecular weight is 361 g/mol. The van der Waals surface area contributed by atoms with E-state index in [1.54, 1.807) is 22.8 Å². The van der Waals surface area contributed by atoms with Crippen molar-refractivity contribution in [2.75, 3.05) is 15.8 Å². The van der Waals surface area contributed by atoms with Crippen LogP contribution in [0.2, 0.25) is 0 Å². The molecule has 0 aliphatic carbocycles. The number of hydrogen-bond acceptors (Lipinski definition) is 6. The molecule has 0 radical (unpaired) electrons. The Morgan fingerprint density at radius 3 is 2.92 bits per heavy atom. The topological polar surface area (TPSA) is 148 Å². The number of amides is 1. The highest BCUT2D eigenvalue weighted by Gasteiger charge is 2.12. The Morgan fingerprint density at radius 1 is 1.36 bits per heavy atom. The molecule has 2 heterocycles. The molecule has 25 heavy (non-hydrogen) atoms. The number of aryl methyl sites for hydroxylation is 1. The molecule has 0 saturated carbocycles. The zero-order chi connectivity index (χ0) is 18.0. The third kappa shape index (κ3) is 3.72. The molecule has 0 aliphatic heterocycles. The number of nitrogens with two attached hydrogens (primary N) is 1. The first kappa shape index (κ1) is 16.8. The van der Waals surface area contributed by atoms with Crippen LogP contribution in [0.15, 0.2) is 30.9 Å². The number of imidazole rings is 1. The highest BCUT2D eigenvalue weighted by Crippen LogP contribution is 2.21.